The van der Waals surface area contributed by atoms with Gasteiger partial charge in [-0.25, -0.2) is 17.9 Å². The molecule has 178 valence electrons. The molecule has 0 heterocycles. The Labute approximate surface area is 193 Å². The Morgan fingerprint density at radius 2 is 1.56 bits per heavy atom. The molecule has 0 saturated heterocycles. The quantitative estimate of drug-likeness (QED) is 0.483. The Kier molecular flexibility index (Phi) is 7.38. The first-order valence-corrected chi connectivity index (χ1v) is 11.3. The van der Waals surface area contributed by atoms with Crippen LogP contribution in [-0.4, -0.2) is 27.3 Å². The fourth-order valence-electron chi connectivity index (χ4n) is 2.94. The molecule has 0 spiro atoms. The molecule has 0 aliphatic heterocycles. The van der Waals surface area contributed by atoms with Crippen molar-refractivity contribution in [2.45, 2.75) is 17.2 Å². The summed E-state index contributed by atoms with van der Waals surface area (Å²) in [7, 11) is -2.47. The fourth-order valence-corrected chi connectivity index (χ4v) is 3.68. The minimum absolute atomic E-state index is 0.0251. The van der Waals surface area contributed by atoms with Crippen molar-refractivity contribution in [1.29, 1.82) is 0 Å². The van der Waals surface area contributed by atoms with Gasteiger partial charge in [0.05, 0.1) is 16.0 Å². The number of benzene rings is 3. The normalized spacial score (nSPS) is 12.6. The van der Waals surface area contributed by atoms with Gasteiger partial charge in [0.15, 0.2) is 0 Å². The Morgan fingerprint density at radius 3 is 2.15 bits per heavy atom. The number of rotatable bonds is 7. The Hall–Kier alpha value is -3.70. The first-order valence-electron chi connectivity index (χ1n) is 9.79. The fraction of sp³-hybridized carbons (Fsp3) is 0.130. The molecule has 3 aromatic rings. The van der Waals surface area contributed by atoms with Crippen molar-refractivity contribution < 1.29 is 35.9 Å². The highest BCUT2D eigenvalue weighted by Crippen LogP contribution is 2.31. The van der Waals surface area contributed by atoms with E-state index in [-0.39, 0.29) is 21.7 Å². The molecule has 34 heavy (non-hydrogen) atoms. The molecular weight excluding hydrogens is 473 g/mol. The highest BCUT2D eigenvalue weighted by atomic mass is 32.2. The summed E-state index contributed by atoms with van der Waals surface area (Å²) in [5, 5.41) is 2.34. The van der Waals surface area contributed by atoms with Crippen LogP contribution in [0.5, 0.6) is 0 Å². The number of carbonyl (C=O) groups excluding carboxylic acids is 2. The van der Waals surface area contributed by atoms with Crippen molar-refractivity contribution in [3.05, 3.63) is 95.6 Å². The maximum atomic E-state index is 13.0. The number of halogens is 3. The SMILES string of the molecule is CNS(=O)(=O)c1ccc(C(=O)OC(C(=O)Nc2cccc(C(F)(F)F)c2)c2ccccc2)cc1. The Balaban J connectivity index is 1.85. The molecule has 0 aliphatic carbocycles. The van der Waals surface area contributed by atoms with Gasteiger partial charge in [-0.1, -0.05) is 36.4 Å². The smallest absolute Gasteiger partial charge is 0.416 e. The second kappa shape index (κ2) is 10.1. The first-order chi connectivity index (χ1) is 16.0. The van der Waals surface area contributed by atoms with Gasteiger partial charge in [0.25, 0.3) is 5.91 Å². The summed E-state index contributed by atoms with van der Waals surface area (Å²) in [4.78, 5) is 25.5. The first kappa shape index (κ1) is 24.9. The van der Waals surface area contributed by atoms with Gasteiger partial charge in [-0.15, -0.1) is 0 Å². The van der Waals surface area contributed by atoms with Crippen LogP contribution < -0.4 is 10.0 Å². The number of anilines is 1. The van der Waals surface area contributed by atoms with E-state index in [1.165, 1.54) is 49.5 Å². The van der Waals surface area contributed by atoms with Crippen molar-refractivity contribution in [3.8, 4) is 0 Å². The number of hydrogen-bond donors (Lipinski definition) is 2. The molecule has 1 atom stereocenters. The third kappa shape index (κ3) is 6.00. The molecule has 0 bridgehead atoms. The number of ether oxygens (including phenoxy) is 1. The summed E-state index contributed by atoms with van der Waals surface area (Å²) in [5.74, 6) is -1.80. The van der Waals surface area contributed by atoms with Crippen molar-refractivity contribution in [1.82, 2.24) is 4.72 Å². The van der Waals surface area contributed by atoms with Gasteiger partial charge < -0.3 is 10.1 Å². The predicted octanol–water partition coefficient (Wildman–Crippen LogP) is 4.15. The van der Waals surface area contributed by atoms with E-state index in [1.54, 1.807) is 18.2 Å². The van der Waals surface area contributed by atoms with Crippen LogP contribution in [0.3, 0.4) is 0 Å². The number of hydrogen-bond acceptors (Lipinski definition) is 5. The lowest BCUT2D eigenvalue weighted by Gasteiger charge is -2.19. The summed E-state index contributed by atoms with van der Waals surface area (Å²) in [6.07, 6.45) is -6.08. The van der Waals surface area contributed by atoms with Crippen LogP contribution >= 0.6 is 0 Å². The molecule has 1 amide bonds. The zero-order valence-electron chi connectivity index (χ0n) is 17.7. The highest BCUT2D eigenvalue weighted by Gasteiger charge is 2.31. The van der Waals surface area contributed by atoms with Gasteiger partial charge in [0, 0.05) is 11.3 Å². The van der Waals surface area contributed by atoms with E-state index in [0.717, 1.165) is 18.2 Å². The molecule has 0 saturated carbocycles. The summed E-state index contributed by atoms with van der Waals surface area (Å²) in [6, 6.07) is 16.8. The molecule has 7 nitrogen and oxygen atoms in total. The molecule has 3 rings (SSSR count). The molecule has 0 aliphatic rings. The number of carbonyl (C=O) groups is 2. The van der Waals surface area contributed by atoms with Crippen LogP contribution in [0.2, 0.25) is 0 Å². The topological polar surface area (TPSA) is 102 Å². The van der Waals surface area contributed by atoms with Crippen LogP contribution in [0, 0.1) is 0 Å². The van der Waals surface area contributed by atoms with E-state index < -0.39 is 39.7 Å². The lowest BCUT2D eigenvalue weighted by molar-refractivity contribution is -0.137. The molecule has 2 N–H and O–H groups in total. The van der Waals surface area contributed by atoms with E-state index in [0.29, 0.717) is 0 Å². The van der Waals surface area contributed by atoms with Crippen molar-refractivity contribution in [2.24, 2.45) is 0 Å². The van der Waals surface area contributed by atoms with Crippen LogP contribution in [0.4, 0.5) is 18.9 Å². The van der Waals surface area contributed by atoms with Crippen LogP contribution in [-0.2, 0) is 25.7 Å². The zero-order valence-corrected chi connectivity index (χ0v) is 18.5. The van der Waals surface area contributed by atoms with Crippen molar-refractivity contribution >= 4 is 27.6 Å². The average Bonchev–Trinajstić information content (AvgIpc) is 2.82. The van der Waals surface area contributed by atoms with Gasteiger partial charge in [-0.05, 0) is 49.5 Å². The monoisotopic (exact) mass is 492 g/mol. The molecule has 3 aromatic carbocycles. The Morgan fingerprint density at radius 1 is 0.912 bits per heavy atom. The minimum Gasteiger partial charge on any atom is -0.444 e. The zero-order chi connectivity index (χ0) is 24.9. The lowest BCUT2D eigenvalue weighted by Crippen LogP contribution is -2.26. The molecular formula is C23H19F3N2O5S. The standard InChI is InChI=1S/C23H19F3N2O5S/c1-27-34(31,32)19-12-10-16(11-13-19)22(30)33-20(15-6-3-2-4-7-15)21(29)28-18-9-5-8-17(14-18)23(24,25)26/h2-14,20,27H,1H3,(H,28,29). The van der Waals surface area contributed by atoms with Crippen LogP contribution in [0.1, 0.15) is 27.6 Å². The number of nitrogens with one attached hydrogen (secondary N) is 2. The second-order valence-corrected chi connectivity index (χ2v) is 8.88. The summed E-state index contributed by atoms with van der Waals surface area (Å²) in [6.45, 7) is 0. The number of amides is 1. The third-order valence-electron chi connectivity index (χ3n) is 4.69. The van der Waals surface area contributed by atoms with E-state index in [1.807, 2.05) is 0 Å². The molecule has 0 radical (unpaired) electrons. The molecule has 11 heteroatoms. The molecule has 1 unspecified atom stereocenters. The van der Waals surface area contributed by atoms with Crippen LogP contribution in [0.25, 0.3) is 0 Å². The van der Waals surface area contributed by atoms with E-state index in [2.05, 4.69) is 10.0 Å². The number of alkyl halides is 3. The predicted molar refractivity (Wildman–Crippen MR) is 117 cm³/mol. The van der Waals surface area contributed by atoms with E-state index >= 15 is 0 Å². The Bertz CT molecular complexity index is 1280. The molecule has 0 fully saturated rings. The summed E-state index contributed by atoms with van der Waals surface area (Å²) < 4.78 is 70.2. The van der Waals surface area contributed by atoms with Crippen molar-refractivity contribution in [2.75, 3.05) is 12.4 Å². The average molecular weight is 492 g/mol. The highest BCUT2D eigenvalue weighted by molar-refractivity contribution is 7.89. The lowest BCUT2D eigenvalue weighted by atomic mass is 10.1. The van der Waals surface area contributed by atoms with Gasteiger partial charge in [-0.3, -0.25) is 4.79 Å². The van der Waals surface area contributed by atoms with Gasteiger partial charge in [0.2, 0.25) is 16.1 Å². The largest absolute Gasteiger partial charge is 0.444 e. The van der Waals surface area contributed by atoms with Gasteiger partial charge >= 0.3 is 12.1 Å². The number of esters is 1. The van der Waals surface area contributed by atoms with E-state index in [9.17, 15) is 31.2 Å². The summed E-state index contributed by atoms with van der Waals surface area (Å²) in [5.41, 5.74) is -0.814. The van der Waals surface area contributed by atoms with Gasteiger partial charge in [-0.2, -0.15) is 13.2 Å². The van der Waals surface area contributed by atoms with Crippen molar-refractivity contribution in [3.63, 3.8) is 0 Å². The molecule has 0 aromatic heterocycles. The minimum atomic E-state index is -4.60. The van der Waals surface area contributed by atoms with Crippen LogP contribution in [0.15, 0.2) is 83.8 Å². The maximum absolute atomic E-state index is 13.0. The number of sulfonamides is 1. The second-order valence-electron chi connectivity index (χ2n) is 7.00. The summed E-state index contributed by atoms with van der Waals surface area (Å²) >= 11 is 0. The third-order valence-corrected chi connectivity index (χ3v) is 6.12. The maximum Gasteiger partial charge on any atom is 0.416 e. The van der Waals surface area contributed by atoms with Gasteiger partial charge in [0.1, 0.15) is 0 Å². The van der Waals surface area contributed by atoms with E-state index in [4.69, 9.17) is 4.74 Å².